The van der Waals surface area contributed by atoms with E-state index in [1.54, 1.807) is 30.3 Å². The van der Waals surface area contributed by atoms with Crippen molar-refractivity contribution < 1.29 is 18.0 Å². The zero-order valence-corrected chi connectivity index (χ0v) is 25.6. The third-order valence-corrected chi connectivity index (χ3v) is 8.56. The van der Waals surface area contributed by atoms with Gasteiger partial charge in [0.25, 0.3) is 0 Å². The van der Waals surface area contributed by atoms with E-state index in [-0.39, 0.29) is 40.6 Å². The van der Waals surface area contributed by atoms with Gasteiger partial charge in [-0.15, -0.1) is 0 Å². The van der Waals surface area contributed by atoms with Crippen molar-refractivity contribution >= 4 is 62.3 Å². The zero-order valence-electron chi connectivity index (χ0n) is 22.5. The van der Waals surface area contributed by atoms with Crippen LogP contribution in [0.4, 0.5) is 5.69 Å². The van der Waals surface area contributed by atoms with E-state index >= 15 is 0 Å². The smallest absolute Gasteiger partial charge is 0.244 e. The lowest BCUT2D eigenvalue weighted by Gasteiger charge is -2.34. The maximum absolute atomic E-state index is 14.1. The summed E-state index contributed by atoms with van der Waals surface area (Å²) in [6, 6.07) is 19.8. The number of halogens is 3. The van der Waals surface area contributed by atoms with Crippen molar-refractivity contribution in [2.24, 2.45) is 0 Å². The van der Waals surface area contributed by atoms with Gasteiger partial charge in [-0.1, -0.05) is 90.3 Å². The molecule has 0 aliphatic rings. The van der Waals surface area contributed by atoms with Gasteiger partial charge in [0.15, 0.2) is 0 Å². The van der Waals surface area contributed by atoms with Crippen LogP contribution in [-0.2, 0) is 32.6 Å². The van der Waals surface area contributed by atoms with Crippen LogP contribution < -0.4 is 9.62 Å². The summed E-state index contributed by atoms with van der Waals surface area (Å²) >= 11 is 18.7. The molecule has 2 amide bonds. The van der Waals surface area contributed by atoms with Crippen molar-refractivity contribution in [3.63, 3.8) is 0 Å². The molecule has 0 unspecified atom stereocenters. The fourth-order valence-electron chi connectivity index (χ4n) is 4.11. The van der Waals surface area contributed by atoms with Gasteiger partial charge < -0.3 is 10.2 Å². The molecule has 2 atom stereocenters. The predicted molar refractivity (Wildman–Crippen MR) is 162 cm³/mol. The van der Waals surface area contributed by atoms with Crippen LogP contribution in [0.15, 0.2) is 72.8 Å². The standard InChI is InChI=1S/C29H32Cl3N3O4S/c1-4-20(2)33-29(37)26(17-21-10-6-5-7-11-21)34(18-22-12-8-13-23(30)16-22)27(36)19-35(40(3,38)39)25-15-9-14-24(31)28(25)32/h5-16,20,26H,4,17-19H2,1-3H3,(H,33,37)/t20-,26+/m1/s1. The normalized spacial score (nSPS) is 12.8. The summed E-state index contributed by atoms with van der Waals surface area (Å²) in [5, 5.41) is 3.60. The average Bonchev–Trinajstić information content (AvgIpc) is 2.90. The molecule has 0 aliphatic carbocycles. The molecule has 0 radical (unpaired) electrons. The predicted octanol–water partition coefficient (Wildman–Crippen LogP) is 5.97. The van der Waals surface area contributed by atoms with Crippen molar-refractivity contribution in [1.29, 1.82) is 0 Å². The molecule has 7 nitrogen and oxygen atoms in total. The molecular weight excluding hydrogens is 593 g/mol. The third-order valence-electron chi connectivity index (χ3n) is 6.39. The Morgan fingerprint density at radius 1 is 0.925 bits per heavy atom. The van der Waals surface area contributed by atoms with E-state index in [2.05, 4.69) is 5.32 Å². The van der Waals surface area contributed by atoms with Gasteiger partial charge in [-0.3, -0.25) is 13.9 Å². The van der Waals surface area contributed by atoms with Crippen LogP contribution in [0.2, 0.25) is 15.1 Å². The zero-order chi connectivity index (χ0) is 29.4. The van der Waals surface area contributed by atoms with Gasteiger partial charge in [-0.25, -0.2) is 8.42 Å². The van der Waals surface area contributed by atoms with Crippen molar-refractivity contribution in [3.05, 3.63) is 99.0 Å². The first-order valence-electron chi connectivity index (χ1n) is 12.7. The van der Waals surface area contributed by atoms with E-state index in [4.69, 9.17) is 34.8 Å². The SMILES string of the molecule is CC[C@@H](C)NC(=O)[C@H](Cc1ccccc1)N(Cc1cccc(Cl)c1)C(=O)CN(c1cccc(Cl)c1Cl)S(C)(=O)=O. The molecule has 0 fully saturated rings. The summed E-state index contributed by atoms with van der Waals surface area (Å²) in [4.78, 5) is 29.1. The van der Waals surface area contributed by atoms with E-state index in [0.29, 0.717) is 17.0 Å². The Hall–Kier alpha value is -2.78. The monoisotopic (exact) mass is 623 g/mol. The number of carbonyl (C=O) groups excluding carboxylic acids is 2. The minimum Gasteiger partial charge on any atom is -0.352 e. The second kappa shape index (κ2) is 14.2. The summed E-state index contributed by atoms with van der Waals surface area (Å²) in [7, 11) is -3.97. The molecule has 0 saturated heterocycles. The summed E-state index contributed by atoms with van der Waals surface area (Å²) in [5.74, 6) is -0.943. The van der Waals surface area contributed by atoms with E-state index in [0.717, 1.165) is 16.1 Å². The Balaban J connectivity index is 2.09. The molecule has 3 aromatic carbocycles. The van der Waals surface area contributed by atoms with E-state index in [1.807, 2.05) is 44.2 Å². The number of nitrogens with one attached hydrogen (secondary N) is 1. The first-order chi connectivity index (χ1) is 18.9. The molecule has 0 aromatic heterocycles. The van der Waals surface area contributed by atoms with Crippen LogP contribution in [0.3, 0.4) is 0 Å². The quantitative estimate of drug-likeness (QED) is 0.269. The largest absolute Gasteiger partial charge is 0.352 e. The molecular formula is C29H32Cl3N3O4S. The molecule has 3 aromatic rings. The Kier molecular flexibility index (Phi) is 11.3. The van der Waals surface area contributed by atoms with Crippen LogP contribution in [0.5, 0.6) is 0 Å². The van der Waals surface area contributed by atoms with Crippen molar-refractivity contribution in [3.8, 4) is 0 Å². The molecule has 214 valence electrons. The lowest BCUT2D eigenvalue weighted by atomic mass is 10.0. The fraction of sp³-hybridized carbons (Fsp3) is 0.310. The highest BCUT2D eigenvalue weighted by molar-refractivity contribution is 7.92. The van der Waals surface area contributed by atoms with Crippen LogP contribution in [0, 0.1) is 0 Å². The van der Waals surface area contributed by atoms with Gasteiger partial charge in [-0.05, 0) is 48.7 Å². The van der Waals surface area contributed by atoms with E-state index in [9.17, 15) is 18.0 Å². The maximum atomic E-state index is 14.1. The molecule has 11 heteroatoms. The molecule has 0 saturated carbocycles. The van der Waals surface area contributed by atoms with E-state index in [1.165, 1.54) is 17.0 Å². The molecule has 0 heterocycles. The lowest BCUT2D eigenvalue weighted by molar-refractivity contribution is -0.140. The lowest BCUT2D eigenvalue weighted by Crippen LogP contribution is -2.54. The number of sulfonamides is 1. The Morgan fingerprint density at radius 2 is 1.57 bits per heavy atom. The second-order valence-corrected chi connectivity index (χ2v) is 12.6. The maximum Gasteiger partial charge on any atom is 0.244 e. The summed E-state index contributed by atoms with van der Waals surface area (Å²) in [5.41, 5.74) is 1.59. The third kappa shape index (κ3) is 8.61. The number of hydrogen-bond donors (Lipinski definition) is 1. The van der Waals surface area contributed by atoms with Crippen molar-refractivity contribution in [1.82, 2.24) is 10.2 Å². The number of benzene rings is 3. The van der Waals surface area contributed by atoms with Gasteiger partial charge in [-0.2, -0.15) is 0 Å². The highest BCUT2D eigenvalue weighted by Crippen LogP contribution is 2.34. The first kappa shape index (κ1) is 31.7. The first-order valence-corrected chi connectivity index (χ1v) is 15.7. The van der Waals surface area contributed by atoms with Gasteiger partial charge >= 0.3 is 0 Å². The van der Waals surface area contributed by atoms with Crippen molar-refractivity contribution in [2.45, 2.75) is 45.3 Å². The Bertz CT molecular complexity index is 1440. The fourth-order valence-corrected chi connectivity index (χ4v) is 5.62. The van der Waals surface area contributed by atoms with Crippen molar-refractivity contribution in [2.75, 3.05) is 17.1 Å². The van der Waals surface area contributed by atoms with Gasteiger partial charge in [0.05, 0.1) is 22.0 Å². The highest BCUT2D eigenvalue weighted by Gasteiger charge is 2.34. The van der Waals surface area contributed by atoms with Gasteiger partial charge in [0.1, 0.15) is 12.6 Å². The van der Waals surface area contributed by atoms with Crippen LogP contribution >= 0.6 is 34.8 Å². The van der Waals surface area contributed by atoms with Crippen LogP contribution in [0.25, 0.3) is 0 Å². The Morgan fingerprint density at radius 3 is 2.20 bits per heavy atom. The number of carbonyl (C=O) groups is 2. The molecule has 1 N–H and O–H groups in total. The number of rotatable bonds is 12. The number of amides is 2. The topological polar surface area (TPSA) is 86.8 Å². The van der Waals surface area contributed by atoms with Crippen LogP contribution in [-0.4, -0.2) is 50.0 Å². The highest BCUT2D eigenvalue weighted by atomic mass is 35.5. The van der Waals surface area contributed by atoms with Gasteiger partial charge in [0, 0.05) is 24.0 Å². The molecule has 0 spiro atoms. The van der Waals surface area contributed by atoms with E-state index < -0.39 is 28.5 Å². The Labute approximate surface area is 251 Å². The van der Waals surface area contributed by atoms with Gasteiger partial charge in [0.2, 0.25) is 21.8 Å². The summed E-state index contributed by atoms with van der Waals surface area (Å²) in [6.45, 7) is 3.25. The minimum absolute atomic E-state index is 0.000804. The molecule has 40 heavy (non-hydrogen) atoms. The summed E-state index contributed by atoms with van der Waals surface area (Å²) < 4.78 is 26.7. The number of hydrogen-bond acceptors (Lipinski definition) is 4. The van der Waals surface area contributed by atoms with Crippen LogP contribution in [0.1, 0.15) is 31.4 Å². The summed E-state index contributed by atoms with van der Waals surface area (Å²) in [6.07, 6.45) is 1.89. The average molecular weight is 625 g/mol. The second-order valence-electron chi connectivity index (χ2n) is 9.52. The molecule has 0 aliphatic heterocycles. The number of anilines is 1. The molecule has 0 bridgehead atoms. The number of nitrogens with zero attached hydrogens (tertiary/aromatic N) is 2. The minimum atomic E-state index is -3.97. The molecule has 3 rings (SSSR count).